The number of ether oxygens (including phenoxy) is 1. The van der Waals surface area contributed by atoms with E-state index >= 15 is 0 Å². The summed E-state index contributed by atoms with van der Waals surface area (Å²) in [5, 5.41) is 3.01. The monoisotopic (exact) mass is 344 g/mol. The summed E-state index contributed by atoms with van der Waals surface area (Å²) in [4.78, 5) is 39.2. The predicted octanol–water partition coefficient (Wildman–Crippen LogP) is 2.47. The Morgan fingerprint density at radius 1 is 1.16 bits per heavy atom. The van der Waals surface area contributed by atoms with Crippen LogP contribution in [-0.2, 0) is 19.1 Å². The maximum absolute atomic E-state index is 12.8. The molecule has 3 atom stereocenters. The molecule has 2 amide bonds. The first kappa shape index (κ1) is 17.5. The van der Waals surface area contributed by atoms with Crippen LogP contribution in [0.4, 0.5) is 5.69 Å². The van der Waals surface area contributed by atoms with Gasteiger partial charge in [0.15, 0.2) is 0 Å². The number of nitrogens with one attached hydrogen (secondary N) is 1. The molecule has 2 fully saturated rings. The fourth-order valence-corrected chi connectivity index (χ4v) is 3.70. The van der Waals surface area contributed by atoms with E-state index in [2.05, 4.69) is 5.32 Å². The molecule has 25 heavy (non-hydrogen) atoms. The van der Waals surface area contributed by atoms with Gasteiger partial charge in [0.2, 0.25) is 18.0 Å². The Morgan fingerprint density at radius 2 is 1.72 bits per heavy atom. The van der Waals surface area contributed by atoms with Crippen LogP contribution in [0.5, 0.6) is 0 Å². The molecule has 1 aliphatic heterocycles. The van der Waals surface area contributed by atoms with Gasteiger partial charge < -0.3 is 10.1 Å². The second-order valence-electron chi connectivity index (χ2n) is 6.71. The van der Waals surface area contributed by atoms with Gasteiger partial charge in [0, 0.05) is 5.69 Å². The minimum Gasteiger partial charge on any atom is -0.463 e. The highest BCUT2D eigenvalue weighted by molar-refractivity contribution is 6.08. The van der Waals surface area contributed by atoms with E-state index in [1.54, 1.807) is 6.92 Å². The van der Waals surface area contributed by atoms with Gasteiger partial charge in [-0.2, -0.15) is 0 Å². The van der Waals surface area contributed by atoms with Crippen LogP contribution in [0.3, 0.4) is 0 Å². The molecule has 6 nitrogen and oxygen atoms in total. The highest BCUT2D eigenvalue weighted by atomic mass is 16.5. The van der Waals surface area contributed by atoms with Crippen LogP contribution in [0.2, 0.25) is 0 Å². The van der Waals surface area contributed by atoms with Crippen LogP contribution in [-0.4, -0.2) is 35.5 Å². The highest BCUT2D eigenvalue weighted by Crippen LogP contribution is 2.39. The number of rotatable bonds is 5. The van der Waals surface area contributed by atoms with Crippen molar-refractivity contribution in [3.05, 3.63) is 29.8 Å². The second-order valence-corrected chi connectivity index (χ2v) is 6.71. The van der Waals surface area contributed by atoms with Gasteiger partial charge in [-0.05, 0) is 38.8 Å². The lowest BCUT2D eigenvalue weighted by Gasteiger charge is -2.26. The Bertz CT molecular complexity index is 647. The summed E-state index contributed by atoms with van der Waals surface area (Å²) in [7, 11) is 0. The first-order chi connectivity index (χ1) is 12.0. The van der Waals surface area contributed by atoms with E-state index in [1.807, 2.05) is 31.2 Å². The number of imide groups is 1. The van der Waals surface area contributed by atoms with Crippen molar-refractivity contribution in [2.45, 2.75) is 45.7 Å². The van der Waals surface area contributed by atoms with Gasteiger partial charge in [-0.3, -0.25) is 9.59 Å². The average molecular weight is 344 g/mol. The Balaban J connectivity index is 1.88. The van der Waals surface area contributed by atoms with Crippen molar-refractivity contribution < 1.29 is 19.1 Å². The Kier molecular flexibility index (Phi) is 5.06. The second kappa shape index (κ2) is 7.25. The molecule has 1 heterocycles. The minimum atomic E-state index is -1.12. The van der Waals surface area contributed by atoms with E-state index < -0.39 is 12.1 Å². The van der Waals surface area contributed by atoms with E-state index in [4.69, 9.17) is 4.74 Å². The standard InChI is InChI=1S/C19H24N2O4/c1-3-25-19(24)16(20-13-10-8-12(2)9-11-13)21-17(22)14-6-4-5-7-15(14)18(21)23/h8-11,14-16,20H,3-7H2,1-2H3. The van der Waals surface area contributed by atoms with Gasteiger partial charge in [0.05, 0.1) is 18.4 Å². The smallest absolute Gasteiger partial charge is 0.350 e. The molecule has 1 aromatic carbocycles. The van der Waals surface area contributed by atoms with E-state index in [9.17, 15) is 14.4 Å². The number of hydrogen-bond acceptors (Lipinski definition) is 5. The SMILES string of the molecule is CCOC(=O)C(Nc1ccc(C)cc1)N1C(=O)C2CCCCC2C1=O. The third kappa shape index (κ3) is 3.38. The zero-order valence-electron chi connectivity index (χ0n) is 14.7. The van der Waals surface area contributed by atoms with E-state index in [0.717, 1.165) is 23.3 Å². The summed E-state index contributed by atoms with van der Waals surface area (Å²) >= 11 is 0. The highest BCUT2D eigenvalue weighted by Gasteiger charge is 2.52. The molecule has 134 valence electrons. The fraction of sp³-hybridized carbons (Fsp3) is 0.526. The molecule has 1 aliphatic carbocycles. The van der Waals surface area contributed by atoms with Gasteiger partial charge in [0.1, 0.15) is 0 Å². The van der Waals surface area contributed by atoms with Gasteiger partial charge in [-0.15, -0.1) is 0 Å². The molecule has 6 heteroatoms. The maximum atomic E-state index is 12.8. The number of nitrogens with zero attached hydrogens (tertiary/aromatic N) is 1. The van der Waals surface area contributed by atoms with Crippen molar-refractivity contribution in [1.82, 2.24) is 4.90 Å². The van der Waals surface area contributed by atoms with Gasteiger partial charge >= 0.3 is 5.97 Å². The van der Waals surface area contributed by atoms with Gasteiger partial charge in [-0.25, -0.2) is 9.69 Å². The molecule has 1 N–H and O–H groups in total. The quantitative estimate of drug-likeness (QED) is 0.656. The molecule has 0 bridgehead atoms. The van der Waals surface area contributed by atoms with Crippen molar-refractivity contribution in [3.63, 3.8) is 0 Å². The molecular formula is C19H24N2O4. The summed E-state index contributed by atoms with van der Waals surface area (Å²) in [6.45, 7) is 3.85. The average Bonchev–Trinajstić information content (AvgIpc) is 2.86. The first-order valence-electron chi connectivity index (χ1n) is 8.89. The van der Waals surface area contributed by atoms with Crippen molar-refractivity contribution in [2.75, 3.05) is 11.9 Å². The van der Waals surface area contributed by atoms with E-state index in [-0.39, 0.29) is 30.3 Å². The van der Waals surface area contributed by atoms with Crippen LogP contribution >= 0.6 is 0 Å². The number of carbonyl (C=O) groups excluding carboxylic acids is 3. The summed E-state index contributed by atoms with van der Waals surface area (Å²) in [6, 6.07) is 7.44. The normalized spacial score (nSPS) is 24.0. The van der Waals surface area contributed by atoms with Crippen molar-refractivity contribution in [2.24, 2.45) is 11.8 Å². The van der Waals surface area contributed by atoms with Crippen LogP contribution in [0.15, 0.2) is 24.3 Å². The lowest BCUT2D eigenvalue weighted by molar-refractivity contribution is -0.157. The van der Waals surface area contributed by atoms with Crippen molar-refractivity contribution in [1.29, 1.82) is 0 Å². The zero-order chi connectivity index (χ0) is 18.0. The van der Waals surface area contributed by atoms with E-state index in [0.29, 0.717) is 18.5 Å². The third-order valence-electron chi connectivity index (χ3n) is 5.00. The topological polar surface area (TPSA) is 75.7 Å². The Hall–Kier alpha value is -2.37. The van der Waals surface area contributed by atoms with Crippen LogP contribution in [0, 0.1) is 18.8 Å². The Labute approximate surface area is 147 Å². The van der Waals surface area contributed by atoms with Crippen LogP contribution in [0.1, 0.15) is 38.2 Å². The number of carbonyl (C=O) groups is 3. The number of fused-ring (bicyclic) bond motifs is 1. The number of benzene rings is 1. The number of esters is 1. The molecule has 0 aromatic heterocycles. The lowest BCUT2D eigenvalue weighted by atomic mass is 9.81. The molecule has 1 saturated heterocycles. The molecule has 3 unspecified atom stereocenters. The number of anilines is 1. The third-order valence-corrected chi connectivity index (χ3v) is 5.00. The first-order valence-corrected chi connectivity index (χ1v) is 8.89. The molecule has 3 rings (SSSR count). The molecular weight excluding hydrogens is 320 g/mol. The largest absolute Gasteiger partial charge is 0.463 e. The predicted molar refractivity (Wildman–Crippen MR) is 92.5 cm³/mol. The van der Waals surface area contributed by atoms with Gasteiger partial charge in [-0.1, -0.05) is 30.5 Å². The number of aryl methyl sites for hydroxylation is 1. The zero-order valence-corrected chi connectivity index (χ0v) is 14.7. The molecule has 0 radical (unpaired) electrons. The fourth-order valence-electron chi connectivity index (χ4n) is 3.70. The molecule has 0 spiro atoms. The minimum absolute atomic E-state index is 0.188. The molecule has 1 aromatic rings. The van der Waals surface area contributed by atoms with E-state index in [1.165, 1.54) is 0 Å². The Morgan fingerprint density at radius 3 is 2.24 bits per heavy atom. The summed E-state index contributed by atoms with van der Waals surface area (Å²) in [6.07, 6.45) is 2.21. The summed E-state index contributed by atoms with van der Waals surface area (Å²) in [5.41, 5.74) is 1.75. The van der Waals surface area contributed by atoms with Crippen molar-refractivity contribution in [3.8, 4) is 0 Å². The summed E-state index contributed by atoms with van der Waals surface area (Å²) < 4.78 is 5.11. The van der Waals surface area contributed by atoms with Crippen LogP contribution in [0.25, 0.3) is 0 Å². The maximum Gasteiger partial charge on any atom is 0.350 e. The summed E-state index contributed by atoms with van der Waals surface area (Å²) in [5.74, 6) is -1.71. The number of hydrogen-bond donors (Lipinski definition) is 1. The molecule has 1 saturated carbocycles. The number of likely N-dealkylation sites (tertiary alicyclic amines) is 1. The van der Waals surface area contributed by atoms with Crippen molar-refractivity contribution >= 4 is 23.5 Å². The van der Waals surface area contributed by atoms with Crippen LogP contribution < -0.4 is 5.32 Å². The number of amides is 2. The molecule has 2 aliphatic rings. The van der Waals surface area contributed by atoms with Gasteiger partial charge in [0.25, 0.3) is 0 Å². The lowest BCUT2D eigenvalue weighted by Crippen LogP contribution is -2.50.